The Morgan fingerprint density at radius 2 is 2.12 bits per heavy atom. The van der Waals surface area contributed by atoms with E-state index in [0.717, 1.165) is 61.4 Å². The predicted molar refractivity (Wildman–Crippen MR) is 125 cm³/mol. The molecule has 1 saturated carbocycles. The molecule has 0 radical (unpaired) electrons. The third kappa shape index (κ3) is 4.33. The molecule has 3 aliphatic rings. The van der Waals surface area contributed by atoms with Gasteiger partial charge in [0.2, 0.25) is 0 Å². The van der Waals surface area contributed by atoms with Crippen LogP contribution in [0.1, 0.15) is 60.8 Å². The van der Waals surface area contributed by atoms with Crippen molar-refractivity contribution in [1.82, 2.24) is 25.7 Å². The number of rotatable bonds is 6. The molecule has 3 heterocycles. The summed E-state index contributed by atoms with van der Waals surface area (Å²) in [7, 11) is 0. The quantitative estimate of drug-likeness (QED) is 0.460. The Kier molecular flexibility index (Phi) is 6.51. The lowest BCUT2D eigenvalue weighted by atomic mass is 9.71. The van der Waals surface area contributed by atoms with Gasteiger partial charge in [-0.2, -0.15) is 0 Å². The van der Waals surface area contributed by atoms with Gasteiger partial charge in [-0.3, -0.25) is 10.3 Å². The van der Waals surface area contributed by atoms with Crippen LogP contribution in [-0.4, -0.2) is 63.5 Å². The summed E-state index contributed by atoms with van der Waals surface area (Å²) in [4.78, 5) is 10.4. The normalized spacial score (nSPS) is 30.3. The summed E-state index contributed by atoms with van der Waals surface area (Å²) in [6.45, 7) is 4.69. The van der Waals surface area contributed by atoms with E-state index in [0.29, 0.717) is 6.54 Å². The number of aliphatic hydroxyl groups is 1. The maximum Gasteiger partial charge on any atom is 0.125 e. The number of benzene rings is 1. The number of H-pyrrole nitrogens is 1. The minimum Gasteiger partial charge on any atom is -0.508 e. The van der Waals surface area contributed by atoms with Gasteiger partial charge < -0.3 is 15.2 Å². The van der Waals surface area contributed by atoms with Crippen LogP contribution in [0.25, 0.3) is 5.57 Å². The van der Waals surface area contributed by atoms with Crippen LogP contribution in [0.3, 0.4) is 0 Å². The highest BCUT2D eigenvalue weighted by Crippen LogP contribution is 2.45. The van der Waals surface area contributed by atoms with Gasteiger partial charge in [-0.05, 0) is 54.5 Å². The van der Waals surface area contributed by atoms with Crippen LogP contribution in [0.2, 0.25) is 0 Å². The van der Waals surface area contributed by atoms with Crippen molar-refractivity contribution in [1.29, 1.82) is 0 Å². The maximum absolute atomic E-state index is 15.8. The second-order valence-electron chi connectivity index (χ2n) is 9.51. The molecule has 5 rings (SSSR count). The topological polar surface area (TPSA) is 96.4 Å². The highest BCUT2D eigenvalue weighted by Gasteiger charge is 2.48. The Bertz CT molecular complexity index is 1010. The van der Waals surface area contributed by atoms with E-state index >= 15 is 4.39 Å². The summed E-state index contributed by atoms with van der Waals surface area (Å²) < 4.78 is 15.8. The molecule has 33 heavy (non-hydrogen) atoms. The smallest absolute Gasteiger partial charge is 0.125 e. The van der Waals surface area contributed by atoms with E-state index < -0.39 is 6.17 Å². The van der Waals surface area contributed by atoms with E-state index in [2.05, 4.69) is 31.8 Å². The van der Waals surface area contributed by atoms with Crippen molar-refractivity contribution < 1.29 is 14.6 Å². The summed E-state index contributed by atoms with van der Waals surface area (Å²) in [5.41, 5.74) is 10.9. The van der Waals surface area contributed by atoms with Crippen LogP contribution >= 0.6 is 0 Å². The number of nitrogens with zero attached hydrogens (tertiary/aromatic N) is 2. The highest BCUT2D eigenvalue weighted by molar-refractivity contribution is 5.63. The number of hydrazine groups is 1. The lowest BCUT2D eigenvalue weighted by Crippen LogP contribution is -2.45. The molecule has 5 atom stereocenters. The van der Waals surface area contributed by atoms with Crippen molar-refractivity contribution in [2.45, 2.75) is 56.8 Å². The monoisotopic (exact) mass is 455 g/mol. The Morgan fingerprint density at radius 3 is 2.88 bits per heavy atom. The summed E-state index contributed by atoms with van der Waals surface area (Å²) in [5.74, 6) is 1.05. The van der Waals surface area contributed by atoms with Gasteiger partial charge in [0.25, 0.3) is 0 Å². The number of phenols is 1. The van der Waals surface area contributed by atoms with Crippen molar-refractivity contribution in [3.63, 3.8) is 0 Å². The lowest BCUT2D eigenvalue weighted by molar-refractivity contribution is 0.135. The van der Waals surface area contributed by atoms with E-state index in [1.165, 1.54) is 5.57 Å². The van der Waals surface area contributed by atoms with E-state index in [1.54, 1.807) is 12.1 Å². The molecule has 5 unspecified atom stereocenters. The van der Waals surface area contributed by atoms with Crippen molar-refractivity contribution in [3.05, 3.63) is 53.1 Å². The fraction of sp³-hybridized carbons (Fsp3) is 0.560. The van der Waals surface area contributed by atoms with Crippen LogP contribution in [0.4, 0.5) is 4.39 Å². The molecule has 2 aromatic rings. The maximum atomic E-state index is 15.8. The predicted octanol–water partition coefficient (Wildman–Crippen LogP) is 2.81. The number of aromatic amines is 1. The molecule has 0 bridgehead atoms. The number of β-amino-alcohol motifs (C(OH)–C–C–N with tert-alkyl or cyclic N) is 1. The van der Waals surface area contributed by atoms with Gasteiger partial charge in [0, 0.05) is 31.5 Å². The number of halogens is 1. The zero-order valence-corrected chi connectivity index (χ0v) is 19.1. The average molecular weight is 456 g/mol. The van der Waals surface area contributed by atoms with Gasteiger partial charge in [-0.15, -0.1) is 0 Å². The minimum atomic E-state index is -1.01. The number of alkyl halides is 1. The standard InChI is InChI=1S/C25H34FN5O2/c1-2-15-13-17(33)3-4-18(15)19-5-6-20-23(22(19)26)29-30-24(20)25-27-14-21(28-25)16-7-9-31(10-8-16)11-12-32/h3-4,7,13-14,19-20,22-24,29-30,32-33H,2,5-6,8-12H2,1H3,(H,27,28). The molecular formula is C25H34FN5O2. The number of hydrogen-bond donors (Lipinski definition) is 5. The molecule has 0 amide bonds. The first kappa shape index (κ1) is 22.5. The van der Waals surface area contributed by atoms with Crippen molar-refractivity contribution in [3.8, 4) is 5.75 Å². The molecule has 8 heteroatoms. The van der Waals surface area contributed by atoms with Crippen LogP contribution in [0, 0.1) is 5.92 Å². The number of fused-ring (bicyclic) bond motifs is 1. The number of aromatic hydroxyl groups is 1. The first-order valence-electron chi connectivity index (χ1n) is 12.1. The van der Waals surface area contributed by atoms with Crippen LogP contribution in [0.15, 0.2) is 30.5 Å². The highest BCUT2D eigenvalue weighted by atomic mass is 19.1. The Labute approximate surface area is 194 Å². The van der Waals surface area contributed by atoms with Crippen molar-refractivity contribution >= 4 is 5.57 Å². The Hall–Kier alpha value is -2.26. The number of aryl methyl sites for hydroxylation is 1. The van der Waals surface area contributed by atoms with E-state index in [-0.39, 0.29) is 36.3 Å². The van der Waals surface area contributed by atoms with Crippen molar-refractivity contribution in [2.75, 3.05) is 26.2 Å². The molecule has 1 aliphatic carbocycles. The molecule has 2 fully saturated rings. The minimum absolute atomic E-state index is 0.0523. The zero-order valence-electron chi connectivity index (χ0n) is 19.1. The number of hydrogen-bond acceptors (Lipinski definition) is 6. The van der Waals surface area contributed by atoms with Gasteiger partial charge in [0.1, 0.15) is 17.7 Å². The second kappa shape index (κ2) is 9.54. The summed E-state index contributed by atoms with van der Waals surface area (Å²) in [6, 6.07) is 5.00. The summed E-state index contributed by atoms with van der Waals surface area (Å²) in [5, 5.41) is 19.0. The third-order valence-corrected chi connectivity index (χ3v) is 7.69. The third-order valence-electron chi connectivity index (χ3n) is 7.69. The molecular weight excluding hydrogens is 421 g/mol. The van der Waals surface area contributed by atoms with Crippen LogP contribution in [-0.2, 0) is 6.42 Å². The molecule has 1 saturated heterocycles. The molecule has 178 valence electrons. The van der Waals surface area contributed by atoms with E-state index in [4.69, 9.17) is 5.11 Å². The number of imidazole rings is 1. The van der Waals surface area contributed by atoms with E-state index in [9.17, 15) is 5.11 Å². The van der Waals surface area contributed by atoms with Gasteiger partial charge in [0.15, 0.2) is 0 Å². The number of nitrogens with one attached hydrogen (secondary N) is 3. The van der Waals surface area contributed by atoms with Gasteiger partial charge in [-0.1, -0.05) is 19.1 Å². The molecule has 1 aromatic heterocycles. The lowest BCUT2D eigenvalue weighted by Gasteiger charge is -2.36. The van der Waals surface area contributed by atoms with E-state index in [1.807, 2.05) is 19.2 Å². The van der Waals surface area contributed by atoms with Gasteiger partial charge in [-0.25, -0.2) is 14.8 Å². The Morgan fingerprint density at radius 1 is 1.24 bits per heavy atom. The van der Waals surface area contributed by atoms with Crippen LogP contribution < -0.4 is 10.9 Å². The number of aromatic nitrogens is 2. The fourth-order valence-corrected chi connectivity index (χ4v) is 5.87. The SMILES string of the molecule is CCc1cc(O)ccc1C1CCC2C(c3ncc(C4=CCN(CCO)CC4)[nH]3)NNC2C1F. The largest absolute Gasteiger partial charge is 0.508 e. The second-order valence-corrected chi connectivity index (χ2v) is 9.51. The summed E-state index contributed by atoms with van der Waals surface area (Å²) >= 11 is 0. The first-order valence-corrected chi connectivity index (χ1v) is 12.1. The van der Waals surface area contributed by atoms with Crippen LogP contribution in [0.5, 0.6) is 5.75 Å². The number of aliphatic hydroxyl groups excluding tert-OH is 1. The number of phenolic OH excluding ortho intramolecular Hbond substituents is 1. The fourth-order valence-electron chi connectivity index (χ4n) is 5.87. The zero-order chi connectivity index (χ0) is 22.9. The average Bonchev–Trinajstić information content (AvgIpc) is 3.48. The van der Waals surface area contributed by atoms with Gasteiger partial charge >= 0.3 is 0 Å². The summed E-state index contributed by atoms with van der Waals surface area (Å²) in [6.07, 6.45) is 6.46. The molecule has 0 spiro atoms. The first-order chi connectivity index (χ1) is 16.1. The Balaban J connectivity index is 1.29. The van der Waals surface area contributed by atoms with Crippen molar-refractivity contribution in [2.24, 2.45) is 5.92 Å². The van der Waals surface area contributed by atoms with Gasteiger partial charge in [0.05, 0.1) is 30.6 Å². The molecule has 5 N–H and O–H groups in total. The molecule has 2 aliphatic heterocycles. The molecule has 7 nitrogen and oxygen atoms in total. The molecule has 1 aromatic carbocycles.